The molecule has 5 rings (SSSR count). The molecule has 2 bridgehead atoms. The van der Waals surface area contributed by atoms with E-state index in [9.17, 15) is 19.1 Å². The maximum absolute atomic E-state index is 12.9. The number of carboxylic acid groups (broad SMARTS) is 1. The average molecular weight is 300 g/mol. The van der Waals surface area contributed by atoms with E-state index in [1.807, 2.05) is 12.2 Å². The molecule has 1 amide bonds. The molecule has 0 spiro atoms. The van der Waals surface area contributed by atoms with Crippen LogP contribution in [0.3, 0.4) is 0 Å². The number of hydrogen-bond acceptors (Lipinski definition) is 3. The highest BCUT2D eigenvalue weighted by Gasteiger charge is 2.61. The summed E-state index contributed by atoms with van der Waals surface area (Å²) >= 11 is 0. The Morgan fingerprint density at radius 3 is 2.23 bits per heavy atom. The summed E-state index contributed by atoms with van der Waals surface area (Å²) < 4.78 is 12.9. The molecule has 4 aliphatic rings. The first kappa shape index (κ1) is 13.5. The van der Waals surface area contributed by atoms with E-state index in [1.165, 1.54) is 24.3 Å². The average Bonchev–Trinajstić information content (AvgIpc) is 3.30. The van der Waals surface area contributed by atoms with Gasteiger partial charge in [0.05, 0.1) is 5.92 Å². The molecule has 114 valence electrons. The second kappa shape index (κ2) is 4.66. The lowest BCUT2D eigenvalue weighted by molar-refractivity contribution is -0.316. The topological polar surface area (TPSA) is 69.2 Å². The highest BCUT2D eigenvalue weighted by atomic mass is 19.1. The number of carbonyl (C=O) groups is 2. The lowest BCUT2D eigenvalue weighted by atomic mass is 9.62. The van der Waals surface area contributed by atoms with Crippen LogP contribution in [0, 0.1) is 41.3 Å². The van der Waals surface area contributed by atoms with Crippen molar-refractivity contribution in [3.63, 3.8) is 0 Å². The summed E-state index contributed by atoms with van der Waals surface area (Å²) in [6, 6.07) is 5.46. The zero-order valence-electron chi connectivity index (χ0n) is 11.7. The predicted molar refractivity (Wildman–Crippen MR) is 74.7 cm³/mol. The third kappa shape index (κ3) is 1.95. The Labute approximate surface area is 127 Å². The van der Waals surface area contributed by atoms with Crippen LogP contribution in [0.15, 0.2) is 36.4 Å². The summed E-state index contributed by atoms with van der Waals surface area (Å²) in [6.45, 7) is 0. The molecule has 0 aromatic heterocycles. The summed E-state index contributed by atoms with van der Waals surface area (Å²) in [6.07, 6.45) is 4.93. The molecule has 5 heteroatoms. The van der Waals surface area contributed by atoms with Crippen LogP contribution in [-0.2, 0) is 9.59 Å². The molecule has 0 radical (unpaired) electrons. The number of rotatable bonds is 3. The smallest absolute Gasteiger partial charge is 0.228 e. The summed E-state index contributed by atoms with van der Waals surface area (Å²) in [4.78, 5) is 24.1. The fraction of sp³-hybridized carbons (Fsp3) is 0.412. The van der Waals surface area contributed by atoms with E-state index in [0.29, 0.717) is 17.5 Å². The highest BCUT2D eigenvalue weighted by Crippen LogP contribution is 2.63. The van der Waals surface area contributed by atoms with Gasteiger partial charge in [0.2, 0.25) is 5.91 Å². The van der Waals surface area contributed by atoms with Crippen molar-refractivity contribution in [1.29, 1.82) is 0 Å². The van der Waals surface area contributed by atoms with E-state index in [2.05, 4.69) is 5.32 Å². The van der Waals surface area contributed by atoms with Crippen LogP contribution in [0.2, 0.25) is 0 Å². The highest BCUT2D eigenvalue weighted by molar-refractivity contribution is 5.96. The minimum atomic E-state index is -1.15. The van der Waals surface area contributed by atoms with Gasteiger partial charge in [-0.2, -0.15) is 0 Å². The van der Waals surface area contributed by atoms with Crippen molar-refractivity contribution in [3.8, 4) is 0 Å². The van der Waals surface area contributed by atoms with Crippen LogP contribution < -0.4 is 10.4 Å². The Bertz CT molecular complexity index is 669. The molecule has 0 unspecified atom stereocenters. The maximum Gasteiger partial charge on any atom is 0.228 e. The Morgan fingerprint density at radius 1 is 1.05 bits per heavy atom. The van der Waals surface area contributed by atoms with Gasteiger partial charge in [0.15, 0.2) is 0 Å². The number of halogens is 1. The number of fused-ring (bicyclic) bond motifs is 1. The van der Waals surface area contributed by atoms with Crippen LogP contribution in [0.25, 0.3) is 0 Å². The molecule has 22 heavy (non-hydrogen) atoms. The fourth-order valence-electron chi connectivity index (χ4n) is 4.31. The monoisotopic (exact) mass is 300 g/mol. The maximum atomic E-state index is 12.9. The van der Waals surface area contributed by atoms with Gasteiger partial charge >= 0.3 is 0 Å². The van der Waals surface area contributed by atoms with Gasteiger partial charge in [-0.05, 0) is 54.4 Å². The summed E-state index contributed by atoms with van der Waals surface area (Å²) in [5.41, 5.74) is 0.473. The Hall–Kier alpha value is -2.17. The van der Waals surface area contributed by atoms with Crippen molar-refractivity contribution in [2.45, 2.75) is 6.42 Å². The largest absolute Gasteiger partial charge is 0.550 e. The van der Waals surface area contributed by atoms with Crippen LogP contribution in [-0.4, -0.2) is 11.9 Å². The summed E-state index contributed by atoms with van der Waals surface area (Å²) in [7, 11) is 0. The second-order valence-electron chi connectivity index (χ2n) is 6.47. The van der Waals surface area contributed by atoms with E-state index >= 15 is 0 Å². The van der Waals surface area contributed by atoms with Gasteiger partial charge in [0.1, 0.15) is 5.82 Å². The van der Waals surface area contributed by atoms with Crippen LogP contribution in [0.4, 0.5) is 10.1 Å². The number of hydrogen-bond donors (Lipinski definition) is 1. The molecule has 1 N–H and O–H groups in total. The lowest BCUT2D eigenvalue weighted by Crippen LogP contribution is -2.52. The molecule has 2 fully saturated rings. The molecule has 0 aliphatic heterocycles. The summed E-state index contributed by atoms with van der Waals surface area (Å²) in [5.74, 6) is -2.52. The molecule has 4 nitrogen and oxygen atoms in total. The van der Waals surface area contributed by atoms with Crippen molar-refractivity contribution in [1.82, 2.24) is 0 Å². The Kier molecular flexibility index (Phi) is 2.86. The molecule has 6 atom stereocenters. The third-order valence-corrected chi connectivity index (χ3v) is 5.34. The van der Waals surface area contributed by atoms with Gasteiger partial charge in [-0.25, -0.2) is 4.39 Å². The molecule has 0 heterocycles. The third-order valence-electron chi connectivity index (χ3n) is 5.34. The van der Waals surface area contributed by atoms with Gasteiger partial charge in [0.25, 0.3) is 0 Å². The SMILES string of the molecule is O=C([O-])[C@H]1[C@@H]2C=C[C@@H]([C@@H]3C[C@H]23)[C@@H]1C(=O)Nc1ccc(F)cc1. The number of allylic oxidation sites excluding steroid dienone is 2. The number of carboxylic acids is 1. The number of nitrogens with one attached hydrogen (secondary N) is 1. The zero-order valence-corrected chi connectivity index (χ0v) is 11.7. The van der Waals surface area contributed by atoms with E-state index in [-0.39, 0.29) is 23.6 Å². The van der Waals surface area contributed by atoms with E-state index in [0.717, 1.165) is 6.42 Å². The minimum Gasteiger partial charge on any atom is -0.550 e. The minimum absolute atomic E-state index is 0.0293. The van der Waals surface area contributed by atoms with Gasteiger partial charge < -0.3 is 15.2 Å². The van der Waals surface area contributed by atoms with Crippen molar-refractivity contribution >= 4 is 17.6 Å². The number of carbonyl (C=O) groups excluding carboxylic acids is 2. The fourth-order valence-corrected chi connectivity index (χ4v) is 4.31. The molecule has 0 saturated heterocycles. The molecular formula is C17H15FNO3-. The quantitative estimate of drug-likeness (QED) is 0.853. The molecular weight excluding hydrogens is 285 g/mol. The molecule has 4 aliphatic carbocycles. The molecule has 2 saturated carbocycles. The van der Waals surface area contributed by atoms with Crippen molar-refractivity contribution in [2.75, 3.05) is 5.32 Å². The first-order chi connectivity index (χ1) is 10.6. The summed E-state index contributed by atoms with van der Waals surface area (Å²) in [5, 5.41) is 14.3. The van der Waals surface area contributed by atoms with E-state index < -0.39 is 17.8 Å². The van der Waals surface area contributed by atoms with Gasteiger partial charge in [-0.3, -0.25) is 4.79 Å². The predicted octanol–water partition coefficient (Wildman–Crippen LogP) is 1.20. The van der Waals surface area contributed by atoms with Crippen LogP contribution >= 0.6 is 0 Å². The lowest BCUT2D eigenvalue weighted by Gasteiger charge is -2.44. The second-order valence-corrected chi connectivity index (χ2v) is 6.47. The standard InChI is InChI=1S/C17H16FNO3/c18-8-1-3-9(4-2-8)19-16(20)14-10-5-6-11(13-7-12(10)13)15(14)17(21)22/h1-6,10-15H,7H2,(H,19,20)(H,21,22)/p-1/t10-,11+,12-,13+,14-,15-/m0/s1. The first-order valence-electron chi connectivity index (χ1n) is 7.52. The normalized spacial score (nSPS) is 37.5. The van der Waals surface area contributed by atoms with E-state index in [1.54, 1.807) is 0 Å². The number of benzene rings is 1. The molecule has 1 aromatic rings. The number of aliphatic carboxylic acids is 1. The van der Waals surface area contributed by atoms with Crippen molar-refractivity contribution in [3.05, 3.63) is 42.2 Å². The van der Waals surface area contributed by atoms with Crippen molar-refractivity contribution in [2.24, 2.45) is 35.5 Å². The Balaban J connectivity index is 1.60. The van der Waals surface area contributed by atoms with Crippen LogP contribution in [0.5, 0.6) is 0 Å². The van der Waals surface area contributed by atoms with Gasteiger partial charge in [-0.15, -0.1) is 0 Å². The van der Waals surface area contributed by atoms with E-state index in [4.69, 9.17) is 0 Å². The number of anilines is 1. The van der Waals surface area contributed by atoms with Crippen LogP contribution in [0.1, 0.15) is 6.42 Å². The first-order valence-corrected chi connectivity index (χ1v) is 7.52. The number of amides is 1. The van der Waals surface area contributed by atoms with Gasteiger partial charge in [0, 0.05) is 17.6 Å². The Morgan fingerprint density at radius 2 is 1.64 bits per heavy atom. The zero-order chi connectivity index (χ0) is 15.4. The molecule has 1 aromatic carbocycles. The van der Waals surface area contributed by atoms with Crippen molar-refractivity contribution < 1.29 is 19.1 Å². The van der Waals surface area contributed by atoms with Gasteiger partial charge in [-0.1, -0.05) is 12.2 Å².